The molecular weight excluding hydrogens is 266 g/mol. The van der Waals surface area contributed by atoms with Gasteiger partial charge in [-0.3, -0.25) is 0 Å². The molecule has 4 heteroatoms. The van der Waals surface area contributed by atoms with Crippen LogP contribution in [0.25, 0.3) is 0 Å². The summed E-state index contributed by atoms with van der Waals surface area (Å²) in [5, 5.41) is 12.5. The van der Waals surface area contributed by atoms with E-state index in [0.717, 1.165) is 5.69 Å². The maximum atomic E-state index is 8.91. The molecule has 0 radical (unpaired) electrons. The highest BCUT2D eigenvalue weighted by atomic mass is 16.5. The minimum Gasteiger partial charge on any atom is -0.493 e. The zero-order valence-corrected chi connectivity index (χ0v) is 13.3. The van der Waals surface area contributed by atoms with Crippen molar-refractivity contribution in [3.8, 4) is 11.5 Å². The molecule has 0 bridgehead atoms. The van der Waals surface area contributed by atoms with Crippen molar-refractivity contribution in [1.82, 2.24) is 0 Å². The van der Waals surface area contributed by atoms with E-state index < -0.39 is 0 Å². The Labute approximate surface area is 127 Å². The number of hydrogen-bond donors (Lipinski definition) is 2. The monoisotopic (exact) mass is 293 g/mol. The van der Waals surface area contributed by atoms with E-state index >= 15 is 0 Å². The second kappa shape index (κ2) is 7.03. The first-order chi connectivity index (χ1) is 10.1. The summed E-state index contributed by atoms with van der Waals surface area (Å²) in [6, 6.07) is 6.37. The van der Waals surface area contributed by atoms with Crippen molar-refractivity contribution in [2.75, 3.05) is 25.6 Å². The van der Waals surface area contributed by atoms with E-state index in [1.54, 1.807) is 7.11 Å². The smallest absolute Gasteiger partial charge is 0.163 e. The van der Waals surface area contributed by atoms with E-state index in [-0.39, 0.29) is 13.2 Å². The Balaban J connectivity index is 2.12. The van der Waals surface area contributed by atoms with Crippen LogP contribution in [-0.4, -0.2) is 31.5 Å². The average molecular weight is 293 g/mol. The zero-order chi connectivity index (χ0) is 15.3. The summed E-state index contributed by atoms with van der Waals surface area (Å²) in [6.45, 7) is 4.93. The highest BCUT2D eigenvalue weighted by molar-refractivity contribution is 5.55. The number of hydrogen-bond acceptors (Lipinski definition) is 4. The first-order valence-electron chi connectivity index (χ1n) is 7.75. The van der Waals surface area contributed by atoms with Crippen molar-refractivity contribution in [3.63, 3.8) is 0 Å². The molecule has 1 aromatic rings. The van der Waals surface area contributed by atoms with Gasteiger partial charge in [0.2, 0.25) is 0 Å². The number of ether oxygens (including phenoxy) is 2. The predicted molar refractivity (Wildman–Crippen MR) is 85.2 cm³/mol. The topological polar surface area (TPSA) is 50.7 Å². The fourth-order valence-corrected chi connectivity index (χ4v) is 3.00. The second-order valence-corrected chi connectivity index (χ2v) is 6.37. The molecule has 0 amide bonds. The molecule has 2 rings (SSSR count). The number of anilines is 1. The quantitative estimate of drug-likeness (QED) is 0.843. The number of aliphatic hydroxyl groups excluding tert-OH is 1. The molecule has 1 fully saturated rings. The minimum absolute atomic E-state index is 0.00351. The van der Waals surface area contributed by atoms with E-state index in [9.17, 15) is 0 Å². The van der Waals surface area contributed by atoms with Crippen LogP contribution in [0, 0.1) is 5.41 Å². The lowest BCUT2D eigenvalue weighted by Crippen LogP contribution is -2.38. The lowest BCUT2D eigenvalue weighted by atomic mass is 9.73. The Morgan fingerprint density at radius 3 is 2.76 bits per heavy atom. The van der Waals surface area contributed by atoms with Gasteiger partial charge in [-0.25, -0.2) is 0 Å². The van der Waals surface area contributed by atoms with Gasteiger partial charge in [-0.05, 0) is 30.4 Å². The van der Waals surface area contributed by atoms with Gasteiger partial charge in [-0.2, -0.15) is 0 Å². The van der Waals surface area contributed by atoms with Gasteiger partial charge in [-0.15, -0.1) is 0 Å². The number of benzene rings is 1. The molecule has 0 aliphatic heterocycles. The minimum atomic E-state index is -0.00351. The number of aliphatic hydroxyl groups is 1. The van der Waals surface area contributed by atoms with E-state index in [1.165, 1.54) is 25.7 Å². The number of rotatable bonds is 6. The van der Waals surface area contributed by atoms with Crippen LogP contribution in [0.4, 0.5) is 5.69 Å². The van der Waals surface area contributed by atoms with Gasteiger partial charge in [0.05, 0.1) is 13.7 Å². The molecular formula is C17H27NO3. The van der Waals surface area contributed by atoms with Crippen molar-refractivity contribution in [2.24, 2.45) is 5.41 Å². The van der Waals surface area contributed by atoms with Gasteiger partial charge >= 0.3 is 0 Å². The van der Waals surface area contributed by atoms with Gasteiger partial charge in [0.1, 0.15) is 6.61 Å². The Morgan fingerprint density at radius 2 is 2.10 bits per heavy atom. The SMILES string of the molecule is COc1ccc(NC2CCCCC2(C)C)cc1OCCO. The molecule has 118 valence electrons. The van der Waals surface area contributed by atoms with Crippen molar-refractivity contribution in [2.45, 2.75) is 45.6 Å². The number of methoxy groups -OCH3 is 1. The summed E-state index contributed by atoms with van der Waals surface area (Å²) in [7, 11) is 1.62. The van der Waals surface area contributed by atoms with E-state index in [4.69, 9.17) is 14.6 Å². The molecule has 4 nitrogen and oxygen atoms in total. The summed E-state index contributed by atoms with van der Waals surface area (Å²) in [4.78, 5) is 0. The van der Waals surface area contributed by atoms with Crippen molar-refractivity contribution in [3.05, 3.63) is 18.2 Å². The zero-order valence-electron chi connectivity index (χ0n) is 13.3. The molecule has 1 saturated carbocycles. The van der Waals surface area contributed by atoms with Gasteiger partial charge in [-0.1, -0.05) is 26.7 Å². The van der Waals surface area contributed by atoms with E-state index in [0.29, 0.717) is 23.0 Å². The average Bonchev–Trinajstić information content (AvgIpc) is 2.47. The standard InChI is InChI=1S/C17H27NO3/c1-17(2)9-5-4-6-16(17)18-13-7-8-14(20-3)15(12-13)21-11-10-19/h7-8,12,16,18-19H,4-6,9-11H2,1-3H3. The van der Waals surface area contributed by atoms with Crippen LogP contribution in [0.15, 0.2) is 18.2 Å². The highest BCUT2D eigenvalue weighted by Crippen LogP contribution is 2.38. The molecule has 0 heterocycles. The molecule has 1 aliphatic carbocycles. The molecule has 1 aliphatic rings. The third kappa shape index (κ3) is 4.03. The molecule has 0 saturated heterocycles. The lowest BCUT2D eigenvalue weighted by molar-refractivity contribution is 0.196. The Bertz CT molecular complexity index is 459. The molecule has 1 unspecified atom stereocenters. The van der Waals surface area contributed by atoms with Crippen LogP contribution in [-0.2, 0) is 0 Å². The summed E-state index contributed by atoms with van der Waals surface area (Å²) < 4.78 is 10.8. The normalized spacial score (nSPS) is 20.9. The Morgan fingerprint density at radius 1 is 1.29 bits per heavy atom. The van der Waals surface area contributed by atoms with Crippen molar-refractivity contribution < 1.29 is 14.6 Å². The first-order valence-corrected chi connectivity index (χ1v) is 7.75. The second-order valence-electron chi connectivity index (χ2n) is 6.37. The summed E-state index contributed by atoms with van der Waals surface area (Å²) in [6.07, 6.45) is 5.06. The van der Waals surface area contributed by atoms with Crippen LogP contribution < -0.4 is 14.8 Å². The maximum absolute atomic E-state index is 8.91. The molecule has 1 aromatic carbocycles. The Hall–Kier alpha value is -1.42. The Kier molecular flexibility index (Phi) is 5.34. The van der Waals surface area contributed by atoms with Crippen LogP contribution in [0.3, 0.4) is 0 Å². The van der Waals surface area contributed by atoms with Gasteiger partial charge < -0.3 is 19.9 Å². The third-order valence-electron chi connectivity index (χ3n) is 4.36. The lowest BCUT2D eigenvalue weighted by Gasteiger charge is -2.39. The fraction of sp³-hybridized carbons (Fsp3) is 0.647. The molecule has 2 N–H and O–H groups in total. The summed E-state index contributed by atoms with van der Waals surface area (Å²) >= 11 is 0. The maximum Gasteiger partial charge on any atom is 0.163 e. The summed E-state index contributed by atoms with van der Waals surface area (Å²) in [5.74, 6) is 1.36. The molecule has 21 heavy (non-hydrogen) atoms. The van der Waals surface area contributed by atoms with Gasteiger partial charge in [0.25, 0.3) is 0 Å². The largest absolute Gasteiger partial charge is 0.493 e. The van der Waals surface area contributed by atoms with E-state index in [1.807, 2.05) is 18.2 Å². The van der Waals surface area contributed by atoms with Crippen LogP contribution in [0.5, 0.6) is 11.5 Å². The molecule has 0 aromatic heterocycles. The van der Waals surface area contributed by atoms with Crippen molar-refractivity contribution in [1.29, 1.82) is 0 Å². The van der Waals surface area contributed by atoms with Crippen LogP contribution in [0.2, 0.25) is 0 Å². The fourth-order valence-electron chi connectivity index (χ4n) is 3.00. The molecule has 0 spiro atoms. The number of nitrogens with one attached hydrogen (secondary N) is 1. The highest BCUT2D eigenvalue weighted by Gasteiger charge is 2.32. The van der Waals surface area contributed by atoms with Gasteiger partial charge in [0, 0.05) is 17.8 Å². The first kappa shape index (κ1) is 16.0. The summed E-state index contributed by atoms with van der Waals surface area (Å²) in [5.41, 5.74) is 1.35. The van der Waals surface area contributed by atoms with Crippen LogP contribution >= 0.6 is 0 Å². The third-order valence-corrected chi connectivity index (χ3v) is 4.36. The molecule has 1 atom stereocenters. The van der Waals surface area contributed by atoms with Crippen LogP contribution in [0.1, 0.15) is 39.5 Å². The van der Waals surface area contributed by atoms with E-state index in [2.05, 4.69) is 19.2 Å². The predicted octanol–water partition coefficient (Wildman–Crippen LogP) is 3.45. The van der Waals surface area contributed by atoms with Crippen molar-refractivity contribution >= 4 is 5.69 Å². The van der Waals surface area contributed by atoms with Gasteiger partial charge in [0.15, 0.2) is 11.5 Å².